The quantitative estimate of drug-likeness (QED) is 0.905. The van der Waals surface area contributed by atoms with Crippen molar-refractivity contribution in [2.45, 2.75) is 33.7 Å². The van der Waals surface area contributed by atoms with Crippen LogP contribution in [0.15, 0.2) is 24.3 Å². The molecule has 0 radical (unpaired) electrons. The summed E-state index contributed by atoms with van der Waals surface area (Å²) in [5.74, 6) is 0.547. The Hall–Kier alpha value is -2.02. The minimum absolute atomic E-state index is 0.152. The molecule has 102 valence electrons. The second-order valence-corrected chi connectivity index (χ2v) is 5.29. The lowest BCUT2D eigenvalue weighted by Gasteiger charge is -2.21. The maximum absolute atomic E-state index is 11.9. The van der Waals surface area contributed by atoms with Gasteiger partial charge in [0, 0.05) is 5.41 Å². The molecule has 1 N–H and O–H groups in total. The molecule has 1 atom stereocenters. The monoisotopic (exact) mass is 260 g/mol. The molecule has 0 saturated heterocycles. The molecule has 0 bridgehead atoms. The lowest BCUT2D eigenvalue weighted by atomic mass is 9.94. The van der Waals surface area contributed by atoms with Crippen molar-refractivity contribution < 1.29 is 9.53 Å². The first-order valence-corrected chi connectivity index (χ1v) is 6.32. The highest BCUT2D eigenvalue weighted by Crippen LogP contribution is 2.21. The van der Waals surface area contributed by atoms with Crippen LogP contribution in [0, 0.1) is 16.7 Å². The fraction of sp³-hybridized carbons (Fsp3) is 0.467. The molecule has 1 unspecified atom stereocenters. The largest absolute Gasteiger partial charge is 0.494 e. The molecule has 4 nitrogen and oxygen atoms in total. The van der Waals surface area contributed by atoms with Gasteiger partial charge < -0.3 is 10.1 Å². The highest BCUT2D eigenvalue weighted by atomic mass is 16.5. The maximum atomic E-state index is 11.9. The van der Waals surface area contributed by atoms with Crippen molar-refractivity contribution in [3.8, 4) is 11.8 Å². The van der Waals surface area contributed by atoms with Gasteiger partial charge in [0.2, 0.25) is 5.91 Å². The number of carbonyl (C=O) groups is 1. The van der Waals surface area contributed by atoms with Crippen molar-refractivity contribution in [1.29, 1.82) is 5.26 Å². The number of nitrogens with one attached hydrogen (secondary N) is 1. The van der Waals surface area contributed by atoms with Crippen LogP contribution in [0.4, 0.5) is 0 Å². The van der Waals surface area contributed by atoms with Crippen LogP contribution in [0.3, 0.4) is 0 Å². The fourth-order valence-corrected chi connectivity index (χ4v) is 1.49. The van der Waals surface area contributed by atoms with Gasteiger partial charge in [-0.3, -0.25) is 4.79 Å². The van der Waals surface area contributed by atoms with Crippen LogP contribution >= 0.6 is 0 Å². The minimum Gasteiger partial charge on any atom is -0.494 e. The number of carbonyl (C=O) groups excluding carboxylic acids is 1. The molecule has 0 saturated carbocycles. The molecule has 0 spiro atoms. The lowest BCUT2D eigenvalue weighted by Crippen LogP contribution is -2.36. The van der Waals surface area contributed by atoms with Gasteiger partial charge in [-0.1, -0.05) is 32.9 Å². The van der Waals surface area contributed by atoms with E-state index >= 15 is 0 Å². The van der Waals surface area contributed by atoms with Gasteiger partial charge in [-0.25, -0.2) is 0 Å². The molecular weight excluding hydrogens is 240 g/mol. The van der Waals surface area contributed by atoms with Crippen molar-refractivity contribution >= 4 is 5.91 Å². The van der Waals surface area contributed by atoms with Gasteiger partial charge in [0.05, 0.1) is 12.7 Å². The number of rotatable bonds is 4. The van der Waals surface area contributed by atoms with E-state index in [1.807, 2.05) is 39.8 Å². The number of ether oxygens (including phenoxy) is 1. The van der Waals surface area contributed by atoms with E-state index in [4.69, 9.17) is 4.74 Å². The Bertz CT molecular complexity index is 484. The predicted octanol–water partition coefficient (Wildman–Crippen LogP) is 2.81. The average Bonchev–Trinajstić information content (AvgIpc) is 2.35. The van der Waals surface area contributed by atoms with Crippen LogP contribution in [0.1, 0.15) is 39.3 Å². The molecule has 1 aromatic carbocycles. The fourth-order valence-electron chi connectivity index (χ4n) is 1.49. The predicted molar refractivity (Wildman–Crippen MR) is 73.6 cm³/mol. The molecule has 0 aliphatic rings. The van der Waals surface area contributed by atoms with Crippen LogP contribution in [-0.4, -0.2) is 12.5 Å². The maximum Gasteiger partial charge on any atom is 0.226 e. The lowest BCUT2D eigenvalue weighted by molar-refractivity contribution is -0.128. The average molecular weight is 260 g/mol. The zero-order valence-corrected chi connectivity index (χ0v) is 11.9. The third kappa shape index (κ3) is 4.29. The summed E-state index contributed by atoms with van der Waals surface area (Å²) in [5.41, 5.74) is 0.207. The highest BCUT2D eigenvalue weighted by molar-refractivity contribution is 5.82. The van der Waals surface area contributed by atoms with Gasteiger partial charge >= 0.3 is 0 Å². The Morgan fingerprint density at radius 2 is 2.16 bits per heavy atom. The van der Waals surface area contributed by atoms with Gasteiger partial charge in [0.15, 0.2) is 0 Å². The first-order chi connectivity index (χ1) is 8.88. The summed E-state index contributed by atoms with van der Waals surface area (Å²) in [5, 5.41) is 11.9. The van der Waals surface area contributed by atoms with Gasteiger partial charge in [0.1, 0.15) is 11.8 Å². The number of benzene rings is 1. The second-order valence-electron chi connectivity index (χ2n) is 5.29. The molecule has 1 aromatic rings. The molecule has 0 aliphatic heterocycles. The molecule has 0 heterocycles. The first-order valence-electron chi connectivity index (χ1n) is 6.32. The molecule has 19 heavy (non-hydrogen) atoms. The highest BCUT2D eigenvalue weighted by Gasteiger charge is 2.24. The number of amides is 1. The summed E-state index contributed by atoms with van der Waals surface area (Å²) >= 11 is 0. The number of hydrogen-bond donors (Lipinski definition) is 1. The molecule has 0 aromatic heterocycles. The molecule has 1 amide bonds. The van der Waals surface area contributed by atoms with E-state index in [0.717, 1.165) is 5.56 Å². The SMILES string of the molecule is CCOc1cccc(C(C#N)NC(=O)C(C)(C)C)c1. The van der Waals surface area contributed by atoms with E-state index in [1.54, 1.807) is 12.1 Å². The summed E-state index contributed by atoms with van der Waals surface area (Å²) < 4.78 is 5.39. The summed E-state index contributed by atoms with van der Waals surface area (Å²) in [6.07, 6.45) is 0. The van der Waals surface area contributed by atoms with Crippen molar-refractivity contribution in [1.82, 2.24) is 5.32 Å². The summed E-state index contributed by atoms with van der Waals surface area (Å²) in [4.78, 5) is 11.9. The Kier molecular flexibility index (Phi) is 4.94. The van der Waals surface area contributed by atoms with E-state index in [2.05, 4.69) is 11.4 Å². The zero-order chi connectivity index (χ0) is 14.5. The first kappa shape index (κ1) is 15.0. The summed E-state index contributed by atoms with van der Waals surface area (Å²) in [7, 11) is 0. The van der Waals surface area contributed by atoms with Crippen molar-refractivity contribution in [3.05, 3.63) is 29.8 Å². The van der Waals surface area contributed by atoms with E-state index in [9.17, 15) is 10.1 Å². The number of nitriles is 1. The summed E-state index contributed by atoms with van der Waals surface area (Å²) in [6.45, 7) is 7.90. The zero-order valence-electron chi connectivity index (χ0n) is 11.9. The molecule has 1 rings (SSSR count). The van der Waals surface area contributed by atoms with Crippen LogP contribution < -0.4 is 10.1 Å². The Morgan fingerprint density at radius 1 is 1.47 bits per heavy atom. The van der Waals surface area contributed by atoms with Crippen molar-refractivity contribution in [2.24, 2.45) is 5.41 Å². The summed E-state index contributed by atoms with van der Waals surface area (Å²) in [6, 6.07) is 8.67. The van der Waals surface area contributed by atoms with Crippen LogP contribution in [-0.2, 0) is 4.79 Å². The Labute approximate surface area is 114 Å². The van der Waals surface area contributed by atoms with Gasteiger partial charge in [-0.05, 0) is 24.6 Å². The Morgan fingerprint density at radius 3 is 2.68 bits per heavy atom. The van der Waals surface area contributed by atoms with Crippen LogP contribution in [0.2, 0.25) is 0 Å². The van der Waals surface area contributed by atoms with Crippen molar-refractivity contribution in [3.63, 3.8) is 0 Å². The van der Waals surface area contributed by atoms with E-state index in [-0.39, 0.29) is 5.91 Å². The van der Waals surface area contributed by atoms with E-state index < -0.39 is 11.5 Å². The third-order valence-electron chi connectivity index (χ3n) is 2.59. The topological polar surface area (TPSA) is 62.1 Å². The smallest absolute Gasteiger partial charge is 0.226 e. The van der Waals surface area contributed by atoms with Crippen LogP contribution in [0.5, 0.6) is 5.75 Å². The third-order valence-corrected chi connectivity index (χ3v) is 2.59. The molecular formula is C15H20N2O2. The van der Waals surface area contributed by atoms with Gasteiger partial charge in [-0.15, -0.1) is 0 Å². The van der Waals surface area contributed by atoms with Gasteiger partial charge in [-0.2, -0.15) is 5.26 Å². The Balaban J connectivity index is 2.89. The van der Waals surface area contributed by atoms with Crippen LogP contribution in [0.25, 0.3) is 0 Å². The normalized spacial score (nSPS) is 12.4. The molecule has 0 aliphatic carbocycles. The standard InChI is InChI=1S/C15H20N2O2/c1-5-19-12-8-6-7-11(9-12)13(10-16)17-14(18)15(2,3)4/h6-9,13H,5H2,1-4H3,(H,17,18). The minimum atomic E-state index is -0.660. The molecule has 4 heteroatoms. The molecule has 0 fully saturated rings. The van der Waals surface area contributed by atoms with Gasteiger partial charge in [0.25, 0.3) is 0 Å². The van der Waals surface area contributed by atoms with E-state index in [0.29, 0.717) is 12.4 Å². The van der Waals surface area contributed by atoms with Crippen molar-refractivity contribution in [2.75, 3.05) is 6.61 Å². The number of nitrogens with zero attached hydrogens (tertiary/aromatic N) is 1. The second kappa shape index (κ2) is 6.24. The van der Waals surface area contributed by atoms with E-state index in [1.165, 1.54) is 0 Å². The number of hydrogen-bond acceptors (Lipinski definition) is 3.